The lowest BCUT2D eigenvalue weighted by Crippen LogP contribution is -2.45. The molecule has 0 fully saturated rings. The van der Waals surface area contributed by atoms with Gasteiger partial charge in [0.15, 0.2) is 5.76 Å². The fourth-order valence-electron chi connectivity index (χ4n) is 1.88. The zero-order valence-corrected chi connectivity index (χ0v) is 11.5. The molecule has 7 nitrogen and oxygen atoms in total. The highest BCUT2D eigenvalue weighted by molar-refractivity contribution is 5.96. The molecule has 0 saturated heterocycles. The van der Waals surface area contributed by atoms with Crippen molar-refractivity contribution < 1.29 is 23.9 Å². The Morgan fingerprint density at radius 3 is 2.27 bits per heavy atom. The van der Waals surface area contributed by atoms with Crippen LogP contribution in [0.3, 0.4) is 0 Å². The van der Waals surface area contributed by atoms with Gasteiger partial charge >= 0.3 is 5.97 Å². The molecule has 2 rings (SSSR count). The lowest BCUT2D eigenvalue weighted by atomic mass is 10.1. The molecular weight excluding hydrogens is 288 g/mol. The first kappa shape index (κ1) is 15.3. The Balaban J connectivity index is 2.08. The van der Waals surface area contributed by atoms with Crippen molar-refractivity contribution in [2.75, 3.05) is 0 Å². The Labute approximate surface area is 125 Å². The average molecular weight is 302 g/mol. The number of benzene rings is 1. The minimum Gasteiger partial charge on any atom is -0.475 e. The van der Waals surface area contributed by atoms with Crippen LogP contribution in [0.15, 0.2) is 46.9 Å². The number of primary amides is 1. The molecule has 0 radical (unpaired) electrons. The summed E-state index contributed by atoms with van der Waals surface area (Å²) >= 11 is 0. The molecular formula is C15H14N2O5. The quantitative estimate of drug-likeness (QED) is 0.728. The smallest absolute Gasteiger partial charge is 0.371 e. The van der Waals surface area contributed by atoms with E-state index in [0.717, 1.165) is 11.6 Å². The first-order chi connectivity index (χ1) is 10.5. The third-order valence-corrected chi connectivity index (χ3v) is 2.97. The number of rotatable bonds is 6. The monoisotopic (exact) mass is 302 g/mol. The highest BCUT2D eigenvalue weighted by Gasteiger charge is 2.22. The van der Waals surface area contributed by atoms with Crippen molar-refractivity contribution in [1.29, 1.82) is 0 Å². The van der Waals surface area contributed by atoms with Crippen molar-refractivity contribution in [3.8, 4) is 0 Å². The van der Waals surface area contributed by atoms with Crippen LogP contribution < -0.4 is 11.1 Å². The topological polar surface area (TPSA) is 123 Å². The van der Waals surface area contributed by atoms with E-state index in [4.69, 9.17) is 15.3 Å². The number of nitrogens with one attached hydrogen (secondary N) is 1. The maximum atomic E-state index is 12.0. The number of hydrogen-bond donors (Lipinski definition) is 3. The molecule has 114 valence electrons. The maximum absolute atomic E-state index is 12.0. The second-order valence-electron chi connectivity index (χ2n) is 4.59. The van der Waals surface area contributed by atoms with Crippen LogP contribution in [0.1, 0.15) is 26.7 Å². The van der Waals surface area contributed by atoms with Crippen LogP contribution in [-0.4, -0.2) is 28.9 Å². The zero-order chi connectivity index (χ0) is 16.1. The molecule has 0 bridgehead atoms. The number of carboxylic acid groups (broad SMARTS) is 1. The van der Waals surface area contributed by atoms with Gasteiger partial charge in [0.1, 0.15) is 6.04 Å². The van der Waals surface area contributed by atoms with Crippen molar-refractivity contribution in [2.45, 2.75) is 12.5 Å². The summed E-state index contributed by atoms with van der Waals surface area (Å²) in [5.74, 6) is -3.23. The zero-order valence-electron chi connectivity index (χ0n) is 11.5. The molecule has 2 aromatic rings. The fraction of sp³-hybridized carbons (Fsp3) is 0.133. The summed E-state index contributed by atoms with van der Waals surface area (Å²) in [6.45, 7) is 0. The summed E-state index contributed by atoms with van der Waals surface area (Å²) in [4.78, 5) is 34.2. The Morgan fingerprint density at radius 2 is 1.73 bits per heavy atom. The fourth-order valence-corrected chi connectivity index (χ4v) is 1.88. The number of amides is 2. The van der Waals surface area contributed by atoms with Crippen LogP contribution in [0.5, 0.6) is 0 Å². The van der Waals surface area contributed by atoms with Crippen LogP contribution in [0, 0.1) is 0 Å². The van der Waals surface area contributed by atoms with Crippen LogP contribution >= 0.6 is 0 Å². The van der Waals surface area contributed by atoms with Crippen LogP contribution in [0.25, 0.3) is 0 Å². The van der Waals surface area contributed by atoms with Gasteiger partial charge in [-0.25, -0.2) is 4.79 Å². The highest BCUT2D eigenvalue weighted by Crippen LogP contribution is 2.09. The lowest BCUT2D eigenvalue weighted by Gasteiger charge is -2.14. The molecule has 0 aliphatic heterocycles. The summed E-state index contributed by atoms with van der Waals surface area (Å²) in [6, 6.07) is 10.5. The van der Waals surface area contributed by atoms with Gasteiger partial charge in [-0.1, -0.05) is 30.3 Å². The first-order valence-corrected chi connectivity index (χ1v) is 6.44. The molecule has 2 amide bonds. The third-order valence-electron chi connectivity index (χ3n) is 2.97. The van der Waals surface area contributed by atoms with Gasteiger partial charge in [0, 0.05) is 6.42 Å². The maximum Gasteiger partial charge on any atom is 0.371 e. The summed E-state index contributed by atoms with van der Waals surface area (Å²) < 4.78 is 4.87. The van der Waals surface area contributed by atoms with Gasteiger partial charge in [-0.2, -0.15) is 0 Å². The molecule has 0 aliphatic rings. The van der Waals surface area contributed by atoms with Crippen LogP contribution in [0.2, 0.25) is 0 Å². The first-order valence-electron chi connectivity index (χ1n) is 6.44. The van der Waals surface area contributed by atoms with Crippen LogP contribution in [0.4, 0.5) is 0 Å². The van der Waals surface area contributed by atoms with Gasteiger partial charge in [-0.15, -0.1) is 0 Å². The number of aromatic carboxylic acids is 1. The van der Waals surface area contributed by atoms with Crippen molar-refractivity contribution in [3.63, 3.8) is 0 Å². The minimum absolute atomic E-state index is 0.197. The van der Waals surface area contributed by atoms with E-state index in [2.05, 4.69) is 5.32 Å². The average Bonchev–Trinajstić information content (AvgIpc) is 2.97. The second-order valence-corrected chi connectivity index (χ2v) is 4.59. The van der Waals surface area contributed by atoms with Crippen molar-refractivity contribution in [2.24, 2.45) is 5.73 Å². The number of carbonyl (C=O) groups is 3. The number of furan rings is 1. The second kappa shape index (κ2) is 6.57. The van der Waals surface area contributed by atoms with Gasteiger partial charge < -0.3 is 20.6 Å². The van der Waals surface area contributed by atoms with E-state index in [1.165, 1.54) is 6.07 Å². The predicted octanol–water partition coefficient (Wildman–Crippen LogP) is 0.804. The van der Waals surface area contributed by atoms with Gasteiger partial charge in [0.05, 0.1) is 0 Å². The number of nitrogens with two attached hydrogens (primary N) is 1. The molecule has 0 aliphatic carbocycles. The Morgan fingerprint density at radius 1 is 1.09 bits per heavy atom. The summed E-state index contributed by atoms with van der Waals surface area (Å²) in [7, 11) is 0. The van der Waals surface area contributed by atoms with Crippen molar-refractivity contribution >= 4 is 17.8 Å². The standard InChI is InChI=1S/C15H14N2O5/c16-13(18)10(8-9-4-2-1-3-5-9)17-14(19)11-6-7-12(22-11)15(20)21/h1-7,10H,8H2,(H2,16,18)(H,17,19)(H,20,21). The molecule has 1 atom stereocenters. The molecule has 1 unspecified atom stereocenters. The molecule has 7 heteroatoms. The number of carboxylic acids is 1. The molecule has 1 aromatic heterocycles. The van der Waals surface area contributed by atoms with E-state index in [0.29, 0.717) is 0 Å². The van der Waals surface area contributed by atoms with Gasteiger partial charge in [0.2, 0.25) is 11.7 Å². The van der Waals surface area contributed by atoms with Gasteiger partial charge in [0.25, 0.3) is 5.91 Å². The largest absolute Gasteiger partial charge is 0.475 e. The normalized spacial score (nSPS) is 11.6. The molecule has 0 spiro atoms. The van der Waals surface area contributed by atoms with E-state index in [1.54, 1.807) is 24.3 Å². The Bertz CT molecular complexity index is 693. The van der Waals surface area contributed by atoms with Crippen molar-refractivity contribution in [1.82, 2.24) is 5.32 Å². The van der Waals surface area contributed by atoms with E-state index >= 15 is 0 Å². The number of hydrogen-bond acceptors (Lipinski definition) is 4. The Hall–Kier alpha value is -3.09. The lowest BCUT2D eigenvalue weighted by molar-refractivity contribution is -0.119. The molecule has 4 N–H and O–H groups in total. The highest BCUT2D eigenvalue weighted by atomic mass is 16.4. The molecule has 22 heavy (non-hydrogen) atoms. The molecule has 1 aromatic carbocycles. The van der Waals surface area contributed by atoms with Crippen LogP contribution in [-0.2, 0) is 11.2 Å². The summed E-state index contributed by atoms with van der Waals surface area (Å²) in [5, 5.41) is 11.2. The summed E-state index contributed by atoms with van der Waals surface area (Å²) in [5.41, 5.74) is 6.12. The number of carbonyl (C=O) groups excluding carboxylic acids is 2. The minimum atomic E-state index is -1.28. The van der Waals surface area contributed by atoms with E-state index < -0.39 is 23.8 Å². The van der Waals surface area contributed by atoms with Gasteiger partial charge in [-0.3, -0.25) is 9.59 Å². The van der Waals surface area contributed by atoms with Gasteiger partial charge in [-0.05, 0) is 17.7 Å². The predicted molar refractivity (Wildman–Crippen MR) is 76.3 cm³/mol. The Kier molecular flexibility index (Phi) is 4.57. The van der Waals surface area contributed by atoms with E-state index in [1.807, 2.05) is 6.07 Å². The molecule has 1 heterocycles. The van der Waals surface area contributed by atoms with Crippen molar-refractivity contribution in [3.05, 3.63) is 59.5 Å². The SMILES string of the molecule is NC(=O)C(Cc1ccccc1)NC(=O)c1ccc(C(=O)O)o1. The summed E-state index contributed by atoms with van der Waals surface area (Å²) in [6.07, 6.45) is 0.231. The van der Waals surface area contributed by atoms with E-state index in [9.17, 15) is 14.4 Å². The third kappa shape index (κ3) is 3.72. The molecule has 0 saturated carbocycles. The van der Waals surface area contributed by atoms with E-state index in [-0.39, 0.29) is 17.9 Å².